The zero-order chi connectivity index (χ0) is 14.9. The second-order valence-electron chi connectivity index (χ2n) is 6.13. The fourth-order valence-corrected chi connectivity index (χ4v) is 3.87. The van der Waals surface area contributed by atoms with E-state index < -0.39 is 11.4 Å². The van der Waals surface area contributed by atoms with E-state index in [0.717, 1.165) is 48.1 Å². The predicted molar refractivity (Wildman–Crippen MR) is 81.7 cm³/mol. The smallest absolute Gasteiger partial charge is 0.310 e. The van der Waals surface area contributed by atoms with E-state index in [4.69, 9.17) is 0 Å². The predicted octanol–water partition coefficient (Wildman–Crippen LogP) is 3.80. The first-order chi connectivity index (χ1) is 9.39. The molecule has 0 aliphatic heterocycles. The van der Waals surface area contributed by atoms with Gasteiger partial charge >= 0.3 is 5.97 Å². The highest BCUT2D eigenvalue weighted by Crippen LogP contribution is 2.43. The minimum absolute atomic E-state index is 0.484. The van der Waals surface area contributed by atoms with Crippen molar-refractivity contribution < 1.29 is 9.90 Å². The first kappa shape index (κ1) is 15.5. The Bertz CT molecular complexity index is 512. The van der Waals surface area contributed by atoms with Crippen LogP contribution in [0.25, 0.3) is 0 Å². The number of halogens is 1. The van der Waals surface area contributed by atoms with E-state index in [1.54, 1.807) is 0 Å². The highest BCUT2D eigenvalue weighted by Gasteiger charge is 2.43. The number of hydrogen-bond acceptors (Lipinski definition) is 2. The molecular formula is C15H23BrN2O2. The number of aliphatic carboxylic acids is 1. The van der Waals surface area contributed by atoms with Crippen molar-refractivity contribution in [2.24, 2.45) is 11.3 Å². The Hall–Kier alpha value is -0.840. The molecule has 0 spiro atoms. The number of hydrogen-bond donors (Lipinski definition) is 1. The van der Waals surface area contributed by atoms with Gasteiger partial charge < -0.3 is 5.11 Å². The Morgan fingerprint density at radius 1 is 1.60 bits per heavy atom. The fraction of sp³-hybridized carbons (Fsp3) is 0.733. The van der Waals surface area contributed by atoms with Gasteiger partial charge in [-0.3, -0.25) is 9.48 Å². The quantitative estimate of drug-likeness (QED) is 0.905. The van der Waals surface area contributed by atoms with Crippen LogP contribution in [0.4, 0.5) is 0 Å². The average molecular weight is 343 g/mol. The molecule has 112 valence electrons. The Labute approximate surface area is 128 Å². The molecule has 0 aromatic carbocycles. The molecule has 4 nitrogen and oxygen atoms in total. The van der Waals surface area contributed by atoms with Gasteiger partial charge in [0.05, 0.1) is 21.3 Å². The molecule has 1 aromatic rings. The summed E-state index contributed by atoms with van der Waals surface area (Å²) in [4.78, 5) is 11.9. The van der Waals surface area contributed by atoms with Gasteiger partial charge in [-0.1, -0.05) is 19.8 Å². The summed E-state index contributed by atoms with van der Waals surface area (Å²) in [7, 11) is 0. The van der Waals surface area contributed by atoms with Gasteiger partial charge in [-0.15, -0.1) is 0 Å². The molecule has 1 fully saturated rings. The largest absolute Gasteiger partial charge is 0.481 e. The van der Waals surface area contributed by atoms with E-state index in [2.05, 4.69) is 28.0 Å². The van der Waals surface area contributed by atoms with Gasteiger partial charge in [0.15, 0.2) is 0 Å². The maximum absolute atomic E-state index is 11.9. The van der Waals surface area contributed by atoms with Crippen molar-refractivity contribution in [2.75, 3.05) is 0 Å². The maximum Gasteiger partial charge on any atom is 0.310 e. The molecule has 0 amide bonds. The van der Waals surface area contributed by atoms with Crippen LogP contribution in [0.5, 0.6) is 0 Å². The standard InChI is InChI=1S/C15H23BrN2O2/c1-4-18-12(13(16)11(3)17-18)9-15(14(19)20)7-5-6-10(2)8-15/h10H,4-9H2,1-3H3,(H,19,20). The minimum Gasteiger partial charge on any atom is -0.481 e. The second-order valence-corrected chi connectivity index (χ2v) is 6.92. The molecule has 1 saturated carbocycles. The molecule has 1 aromatic heterocycles. The molecule has 1 aliphatic rings. The maximum atomic E-state index is 11.9. The summed E-state index contributed by atoms with van der Waals surface area (Å²) in [6.07, 6.45) is 4.25. The first-order valence-electron chi connectivity index (χ1n) is 7.35. The van der Waals surface area contributed by atoms with Crippen LogP contribution in [0.1, 0.15) is 50.9 Å². The van der Waals surface area contributed by atoms with Crippen molar-refractivity contribution in [3.05, 3.63) is 15.9 Å². The molecule has 2 rings (SSSR count). The van der Waals surface area contributed by atoms with Gasteiger partial charge in [-0.05, 0) is 48.5 Å². The van der Waals surface area contributed by atoms with E-state index in [9.17, 15) is 9.90 Å². The molecule has 20 heavy (non-hydrogen) atoms. The van der Waals surface area contributed by atoms with Crippen LogP contribution in [-0.2, 0) is 17.8 Å². The Morgan fingerprint density at radius 2 is 2.30 bits per heavy atom. The molecule has 1 heterocycles. The van der Waals surface area contributed by atoms with Crippen molar-refractivity contribution >= 4 is 21.9 Å². The van der Waals surface area contributed by atoms with Gasteiger partial charge in [0, 0.05) is 13.0 Å². The average Bonchev–Trinajstić information content (AvgIpc) is 2.66. The van der Waals surface area contributed by atoms with Crippen LogP contribution in [0.2, 0.25) is 0 Å². The number of aromatic nitrogens is 2. The van der Waals surface area contributed by atoms with Crippen LogP contribution in [0.3, 0.4) is 0 Å². The molecule has 2 unspecified atom stereocenters. The third-order valence-electron chi connectivity index (χ3n) is 4.50. The summed E-state index contributed by atoms with van der Waals surface area (Å²) >= 11 is 3.58. The van der Waals surface area contributed by atoms with Crippen LogP contribution in [0, 0.1) is 18.3 Å². The van der Waals surface area contributed by atoms with Crippen molar-refractivity contribution in [2.45, 2.75) is 59.4 Å². The van der Waals surface area contributed by atoms with Crippen LogP contribution < -0.4 is 0 Å². The molecule has 2 atom stereocenters. The van der Waals surface area contributed by atoms with Crippen molar-refractivity contribution in [1.29, 1.82) is 0 Å². The third-order valence-corrected chi connectivity index (χ3v) is 5.54. The van der Waals surface area contributed by atoms with E-state index >= 15 is 0 Å². The fourth-order valence-electron chi connectivity index (χ4n) is 3.45. The number of carboxylic acid groups (broad SMARTS) is 1. The van der Waals surface area contributed by atoms with E-state index in [0.29, 0.717) is 12.3 Å². The van der Waals surface area contributed by atoms with E-state index in [1.165, 1.54) is 0 Å². The molecule has 0 bridgehead atoms. The van der Waals surface area contributed by atoms with Gasteiger partial charge in [0.2, 0.25) is 0 Å². The molecule has 1 aliphatic carbocycles. The third kappa shape index (κ3) is 2.78. The van der Waals surface area contributed by atoms with Gasteiger partial charge in [0.25, 0.3) is 0 Å². The summed E-state index contributed by atoms with van der Waals surface area (Å²) in [6, 6.07) is 0. The monoisotopic (exact) mass is 342 g/mol. The second kappa shape index (κ2) is 5.88. The van der Waals surface area contributed by atoms with Crippen molar-refractivity contribution in [3.63, 3.8) is 0 Å². The van der Waals surface area contributed by atoms with Crippen LogP contribution >= 0.6 is 15.9 Å². The minimum atomic E-state index is -0.655. The number of carbonyl (C=O) groups is 1. The summed E-state index contributed by atoms with van der Waals surface area (Å²) in [5.41, 5.74) is 1.34. The molecule has 0 saturated heterocycles. The summed E-state index contributed by atoms with van der Waals surface area (Å²) in [5, 5.41) is 14.3. The SMILES string of the molecule is CCn1nc(C)c(Br)c1CC1(C(=O)O)CCCC(C)C1. The van der Waals surface area contributed by atoms with Crippen LogP contribution in [0.15, 0.2) is 4.47 Å². The lowest BCUT2D eigenvalue weighted by Gasteiger charge is -2.36. The van der Waals surface area contributed by atoms with Crippen LogP contribution in [-0.4, -0.2) is 20.9 Å². The lowest BCUT2D eigenvalue weighted by atomic mass is 9.67. The van der Waals surface area contributed by atoms with Crippen molar-refractivity contribution in [3.8, 4) is 0 Å². The number of carboxylic acids is 1. The van der Waals surface area contributed by atoms with E-state index in [1.807, 2.05) is 18.5 Å². The zero-order valence-electron chi connectivity index (χ0n) is 12.4. The molecule has 0 radical (unpaired) electrons. The van der Waals surface area contributed by atoms with Gasteiger partial charge in [0.1, 0.15) is 0 Å². The summed E-state index contributed by atoms with van der Waals surface area (Å²) in [6.45, 7) is 6.93. The number of aryl methyl sites for hydroxylation is 2. The highest BCUT2D eigenvalue weighted by atomic mass is 79.9. The highest BCUT2D eigenvalue weighted by molar-refractivity contribution is 9.10. The Balaban J connectivity index is 2.36. The first-order valence-corrected chi connectivity index (χ1v) is 8.14. The number of nitrogens with zero attached hydrogens (tertiary/aromatic N) is 2. The lowest BCUT2D eigenvalue weighted by molar-refractivity contribution is -0.152. The zero-order valence-corrected chi connectivity index (χ0v) is 14.0. The Kier molecular flexibility index (Phi) is 4.57. The Morgan fingerprint density at radius 3 is 2.85 bits per heavy atom. The van der Waals surface area contributed by atoms with E-state index in [-0.39, 0.29) is 0 Å². The lowest BCUT2D eigenvalue weighted by Crippen LogP contribution is -2.38. The molecule has 5 heteroatoms. The van der Waals surface area contributed by atoms with Crippen molar-refractivity contribution in [1.82, 2.24) is 9.78 Å². The van der Waals surface area contributed by atoms with Gasteiger partial charge in [-0.2, -0.15) is 5.10 Å². The summed E-state index contributed by atoms with van der Waals surface area (Å²) in [5.74, 6) is -0.171. The molecule has 1 N–H and O–H groups in total. The normalized spacial score (nSPS) is 26.7. The van der Waals surface area contributed by atoms with Gasteiger partial charge in [-0.25, -0.2) is 0 Å². The summed E-state index contributed by atoms with van der Waals surface area (Å²) < 4.78 is 2.90. The topological polar surface area (TPSA) is 55.1 Å². The number of rotatable bonds is 4. The molecular weight excluding hydrogens is 320 g/mol.